The van der Waals surface area contributed by atoms with E-state index in [1.165, 1.54) is 11.3 Å². The molecule has 4 rings (SSSR count). The molecule has 29 heavy (non-hydrogen) atoms. The fourth-order valence-corrected chi connectivity index (χ4v) is 4.11. The van der Waals surface area contributed by atoms with Crippen molar-refractivity contribution < 1.29 is 9.47 Å². The summed E-state index contributed by atoms with van der Waals surface area (Å²) in [4.78, 5) is 9.67. The molecule has 3 heterocycles. The lowest BCUT2D eigenvalue weighted by Gasteiger charge is -2.12. The number of benzene rings is 1. The Morgan fingerprint density at radius 1 is 1.00 bits per heavy atom. The number of aromatic nitrogens is 3. The minimum atomic E-state index is 0.658. The van der Waals surface area contributed by atoms with Crippen LogP contribution in [0.1, 0.15) is 36.5 Å². The second-order valence-electron chi connectivity index (χ2n) is 7.49. The number of aryl methyl sites for hydroxylation is 3. The summed E-state index contributed by atoms with van der Waals surface area (Å²) >= 11 is 0. The van der Waals surface area contributed by atoms with Crippen molar-refractivity contribution >= 4 is 0 Å². The molecule has 0 amide bonds. The second kappa shape index (κ2) is 8.37. The largest absolute Gasteiger partial charge is 0.494 e. The molecule has 0 radical (unpaired) electrons. The third-order valence-electron chi connectivity index (χ3n) is 5.38. The molecule has 3 aromatic rings. The van der Waals surface area contributed by atoms with Crippen molar-refractivity contribution in [2.75, 3.05) is 19.8 Å². The zero-order valence-corrected chi connectivity index (χ0v) is 17.8. The normalized spacial score (nSPS) is 13.8. The van der Waals surface area contributed by atoms with Crippen molar-refractivity contribution in [2.24, 2.45) is 0 Å². The maximum absolute atomic E-state index is 5.91. The average molecular weight is 392 g/mol. The highest BCUT2D eigenvalue weighted by molar-refractivity contribution is 5.70. The highest BCUT2D eigenvalue weighted by Crippen LogP contribution is 2.34. The maximum Gasteiger partial charge on any atom is 0.141 e. The number of pyridine rings is 1. The Labute approximate surface area is 172 Å². The molecule has 1 aromatic carbocycles. The molecule has 0 unspecified atom stereocenters. The summed E-state index contributed by atoms with van der Waals surface area (Å²) in [5.41, 5.74) is 7.74. The van der Waals surface area contributed by atoms with Crippen LogP contribution < -0.4 is 4.74 Å². The molecule has 0 saturated heterocycles. The first-order chi connectivity index (χ1) is 14.1. The Bertz CT molecular complexity index is 1000. The molecule has 5 heteroatoms. The van der Waals surface area contributed by atoms with Gasteiger partial charge in [-0.1, -0.05) is 19.1 Å². The van der Waals surface area contributed by atoms with Crippen molar-refractivity contribution in [3.05, 3.63) is 53.0 Å². The zero-order valence-electron chi connectivity index (χ0n) is 17.8. The van der Waals surface area contributed by atoms with Crippen molar-refractivity contribution in [3.8, 4) is 28.4 Å². The van der Waals surface area contributed by atoms with Crippen LogP contribution >= 0.6 is 0 Å². The quantitative estimate of drug-likeness (QED) is 0.629. The van der Waals surface area contributed by atoms with Gasteiger partial charge in [0.1, 0.15) is 11.6 Å². The summed E-state index contributed by atoms with van der Waals surface area (Å²) in [6.07, 6.45) is 1.80. The van der Waals surface area contributed by atoms with Crippen LogP contribution in [0.5, 0.6) is 5.75 Å². The third-order valence-corrected chi connectivity index (χ3v) is 5.38. The van der Waals surface area contributed by atoms with Gasteiger partial charge in [-0.2, -0.15) is 0 Å². The van der Waals surface area contributed by atoms with Crippen LogP contribution in [0.4, 0.5) is 0 Å². The smallest absolute Gasteiger partial charge is 0.141 e. The van der Waals surface area contributed by atoms with Crippen molar-refractivity contribution in [1.29, 1.82) is 0 Å². The Hall–Kier alpha value is -2.66. The summed E-state index contributed by atoms with van der Waals surface area (Å²) < 4.78 is 14.0. The van der Waals surface area contributed by atoms with Gasteiger partial charge in [0, 0.05) is 41.2 Å². The molecule has 0 spiro atoms. The van der Waals surface area contributed by atoms with E-state index in [2.05, 4.69) is 46.8 Å². The van der Waals surface area contributed by atoms with Crippen LogP contribution in [0.25, 0.3) is 22.6 Å². The van der Waals surface area contributed by atoms with E-state index in [1.807, 2.05) is 20.8 Å². The van der Waals surface area contributed by atoms with Crippen molar-refractivity contribution in [2.45, 2.75) is 47.1 Å². The molecule has 0 N–H and O–H groups in total. The Morgan fingerprint density at radius 2 is 1.79 bits per heavy atom. The molecule has 5 nitrogen and oxygen atoms in total. The SMILES string of the molecule is CCOc1cc(-c2nc(-c3cc(C)nc(C)c3)c3n2CCOCC3)ccc1CC. The minimum Gasteiger partial charge on any atom is -0.494 e. The van der Waals surface area contributed by atoms with Crippen LogP contribution in [-0.2, 0) is 24.1 Å². The Kier molecular flexibility index (Phi) is 5.67. The number of imidazole rings is 1. The summed E-state index contributed by atoms with van der Waals surface area (Å²) in [5, 5.41) is 0. The third kappa shape index (κ3) is 3.92. The van der Waals surface area contributed by atoms with Gasteiger partial charge in [-0.05, 0) is 51.0 Å². The van der Waals surface area contributed by atoms with Gasteiger partial charge in [0.25, 0.3) is 0 Å². The average Bonchev–Trinajstić information content (AvgIpc) is 2.88. The maximum atomic E-state index is 5.91. The highest BCUT2D eigenvalue weighted by Gasteiger charge is 2.22. The summed E-state index contributed by atoms with van der Waals surface area (Å²) in [6, 6.07) is 10.7. The van der Waals surface area contributed by atoms with Crippen LogP contribution in [-0.4, -0.2) is 34.4 Å². The van der Waals surface area contributed by atoms with Gasteiger partial charge >= 0.3 is 0 Å². The molecule has 152 valence electrons. The number of fused-ring (bicyclic) bond motifs is 1. The van der Waals surface area contributed by atoms with Gasteiger partial charge in [-0.15, -0.1) is 0 Å². The molecule has 0 bridgehead atoms. The number of hydrogen-bond acceptors (Lipinski definition) is 4. The van der Waals surface area contributed by atoms with Gasteiger partial charge in [0.15, 0.2) is 0 Å². The van der Waals surface area contributed by atoms with Gasteiger partial charge in [-0.25, -0.2) is 4.98 Å². The molecule has 0 saturated carbocycles. The van der Waals surface area contributed by atoms with Crippen molar-refractivity contribution in [1.82, 2.24) is 14.5 Å². The van der Waals surface area contributed by atoms with E-state index in [0.29, 0.717) is 13.2 Å². The monoisotopic (exact) mass is 391 g/mol. The van der Waals surface area contributed by atoms with Gasteiger partial charge in [-0.3, -0.25) is 4.98 Å². The molecular weight excluding hydrogens is 362 g/mol. The first kappa shape index (κ1) is 19.6. The number of hydrogen-bond donors (Lipinski definition) is 0. The lowest BCUT2D eigenvalue weighted by atomic mass is 10.1. The summed E-state index contributed by atoms with van der Waals surface area (Å²) in [7, 11) is 0. The van der Waals surface area contributed by atoms with E-state index >= 15 is 0 Å². The first-order valence-corrected chi connectivity index (χ1v) is 10.5. The van der Waals surface area contributed by atoms with Crippen LogP contribution in [0, 0.1) is 13.8 Å². The number of rotatable bonds is 5. The van der Waals surface area contributed by atoms with Gasteiger partial charge in [0.05, 0.1) is 25.5 Å². The standard InChI is InChI=1S/C24H29N3O2/c1-5-18-7-8-19(15-22(18)29-6-2)24-26-23(20-13-16(3)25-17(4)14-20)21-9-11-28-12-10-27(21)24/h7-8,13-15H,5-6,9-12H2,1-4H3. The van der Waals surface area contributed by atoms with E-state index < -0.39 is 0 Å². The molecule has 0 atom stereocenters. The molecule has 0 fully saturated rings. The van der Waals surface area contributed by atoms with E-state index in [-0.39, 0.29) is 0 Å². The number of nitrogens with zero attached hydrogens (tertiary/aromatic N) is 3. The number of ether oxygens (including phenoxy) is 2. The first-order valence-electron chi connectivity index (χ1n) is 10.5. The minimum absolute atomic E-state index is 0.658. The lowest BCUT2D eigenvalue weighted by molar-refractivity contribution is 0.140. The zero-order chi connectivity index (χ0) is 20.4. The van der Waals surface area contributed by atoms with E-state index in [9.17, 15) is 0 Å². The van der Waals surface area contributed by atoms with Crippen molar-refractivity contribution in [3.63, 3.8) is 0 Å². The summed E-state index contributed by atoms with van der Waals surface area (Å²) in [6.45, 7) is 11.1. The predicted molar refractivity (Wildman–Crippen MR) is 115 cm³/mol. The Morgan fingerprint density at radius 3 is 2.52 bits per heavy atom. The molecule has 1 aliphatic heterocycles. The molecule has 0 aliphatic carbocycles. The van der Waals surface area contributed by atoms with Gasteiger partial charge in [0.2, 0.25) is 0 Å². The van der Waals surface area contributed by atoms with Gasteiger partial charge < -0.3 is 14.0 Å². The van der Waals surface area contributed by atoms with Crippen LogP contribution in [0.15, 0.2) is 30.3 Å². The fraction of sp³-hybridized carbons (Fsp3) is 0.417. The van der Waals surface area contributed by atoms with Crippen LogP contribution in [0.2, 0.25) is 0 Å². The van der Waals surface area contributed by atoms with E-state index in [4.69, 9.17) is 14.5 Å². The van der Waals surface area contributed by atoms with E-state index in [1.54, 1.807) is 0 Å². The summed E-state index contributed by atoms with van der Waals surface area (Å²) in [5.74, 6) is 1.93. The van der Waals surface area contributed by atoms with Crippen LogP contribution in [0.3, 0.4) is 0 Å². The lowest BCUT2D eigenvalue weighted by Crippen LogP contribution is -2.06. The second-order valence-corrected chi connectivity index (χ2v) is 7.49. The Balaban J connectivity index is 1.88. The van der Waals surface area contributed by atoms with E-state index in [0.717, 1.165) is 65.8 Å². The highest BCUT2D eigenvalue weighted by atomic mass is 16.5. The molecule has 1 aliphatic rings. The predicted octanol–water partition coefficient (Wildman–Crippen LogP) is 4.76. The fourth-order valence-electron chi connectivity index (χ4n) is 4.11. The topological polar surface area (TPSA) is 49.2 Å². The molecule has 2 aromatic heterocycles. The molecular formula is C24H29N3O2.